The van der Waals surface area contributed by atoms with E-state index in [4.69, 9.17) is 11.6 Å². The van der Waals surface area contributed by atoms with Crippen molar-refractivity contribution in [3.8, 4) is 0 Å². The quantitative estimate of drug-likeness (QED) is 0.786. The van der Waals surface area contributed by atoms with Crippen molar-refractivity contribution in [1.82, 2.24) is 10.2 Å². The molecule has 0 unspecified atom stereocenters. The predicted molar refractivity (Wildman–Crippen MR) is 103 cm³/mol. The first-order valence-electron chi connectivity index (χ1n) is 8.90. The Bertz CT molecular complexity index is 747. The third-order valence-electron chi connectivity index (χ3n) is 4.62. The first-order valence-corrected chi connectivity index (χ1v) is 9.27. The summed E-state index contributed by atoms with van der Waals surface area (Å²) in [4.78, 5) is 16.5. The molecule has 6 heteroatoms. The van der Waals surface area contributed by atoms with Crippen molar-refractivity contribution in [2.75, 3.05) is 44.2 Å². The molecule has 1 fully saturated rings. The van der Waals surface area contributed by atoms with Crippen molar-refractivity contribution >= 4 is 23.2 Å². The lowest BCUT2D eigenvalue weighted by Gasteiger charge is -2.36. The fourth-order valence-corrected chi connectivity index (χ4v) is 3.39. The number of halogens is 2. The smallest absolute Gasteiger partial charge is 0.252 e. The van der Waals surface area contributed by atoms with Crippen molar-refractivity contribution < 1.29 is 9.18 Å². The molecule has 2 aromatic carbocycles. The van der Waals surface area contributed by atoms with Crippen LogP contribution in [0.15, 0.2) is 48.5 Å². The molecule has 0 atom stereocenters. The Hall–Kier alpha value is -2.11. The molecule has 0 bridgehead atoms. The lowest BCUT2D eigenvalue weighted by molar-refractivity contribution is 0.0951. The molecule has 1 aliphatic heterocycles. The Labute approximate surface area is 158 Å². The van der Waals surface area contributed by atoms with Gasteiger partial charge in [-0.1, -0.05) is 35.9 Å². The third-order valence-corrected chi connectivity index (χ3v) is 4.95. The molecule has 2 aromatic rings. The zero-order chi connectivity index (χ0) is 18.4. The largest absolute Gasteiger partial charge is 0.367 e. The maximum absolute atomic E-state index is 13.9. The van der Waals surface area contributed by atoms with E-state index in [2.05, 4.69) is 15.1 Å². The van der Waals surface area contributed by atoms with E-state index in [1.165, 1.54) is 6.07 Å². The van der Waals surface area contributed by atoms with Crippen LogP contribution in [0.5, 0.6) is 0 Å². The number of carbonyl (C=O) groups excluding carboxylic acids is 1. The van der Waals surface area contributed by atoms with E-state index < -0.39 is 0 Å². The molecule has 0 saturated carbocycles. The first-order chi connectivity index (χ1) is 12.6. The SMILES string of the molecule is O=C(NCCCN1CCN(c2ccccc2F)CC1)c1ccccc1Cl. The standard InChI is InChI=1S/C20H23ClFN3O/c21-17-7-2-1-6-16(17)20(26)23-10-5-11-24-12-14-25(15-13-24)19-9-4-3-8-18(19)22/h1-4,6-9H,5,10-15H2,(H,23,26). The van der Waals surface area contributed by atoms with Crippen molar-refractivity contribution in [3.05, 3.63) is 64.9 Å². The number of piperazine rings is 1. The molecule has 1 aliphatic rings. The highest BCUT2D eigenvalue weighted by atomic mass is 35.5. The monoisotopic (exact) mass is 375 g/mol. The Morgan fingerprint density at radius 1 is 1.04 bits per heavy atom. The van der Waals surface area contributed by atoms with Gasteiger partial charge in [0.15, 0.2) is 0 Å². The summed E-state index contributed by atoms with van der Waals surface area (Å²) >= 11 is 6.03. The average Bonchev–Trinajstić information content (AvgIpc) is 2.66. The van der Waals surface area contributed by atoms with Crippen LogP contribution in [0.2, 0.25) is 5.02 Å². The summed E-state index contributed by atoms with van der Waals surface area (Å²) in [6.07, 6.45) is 0.871. The molecule has 1 saturated heterocycles. The lowest BCUT2D eigenvalue weighted by Crippen LogP contribution is -2.47. The number of hydrogen-bond donors (Lipinski definition) is 1. The highest BCUT2D eigenvalue weighted by molar-refractivity contribution is 6.33. The topological polar surface area (TPSA) is 35.6 Å². The van der Waals surface area contributed by atoms with Gasteiger partial charge in [0.05, 0.1) is 16.3 Å². The van der Waals surface area contributed by atoms with Gasteiger partial charge in [0.2, 0.25) is 0 Å². The summed E-state index contributed by atoms with van der Waals surface area (Å²) in [6, 6.07) is 14.0. The summed E-state index contributed by atoms with van der Waals surface area (Å²) < 4.78 is 13.9. The van der Waals surface area contributed by atoms with Crippen molar-refractivity contribution in [3.63, 3.8) is 0 Å². The van der Waals surface area contributed by atoms with Crippen molar-refractivity contribution in [2.24, 2.45) is 0 Å². The number of nitrogens with zero attached hydrogens (tertiary/aromatic N) is 2. The Balaban J connectivity index is 1.37. The highest BCUT2D eigenvalue weighted by Gasteiger charge is 2.18. The number of para-hydroxylation sites is 1. The zero-order valence-electron chi connectivity index (χ0n) is 14.6. The van der Waals surface area contributed by atoms with Crippen LogP contribution < -0.4 is 10.2 Å². The van der Waals surface area contributed by atoms with Crippen LogP contribution in [0.4, 0.5) is 10.1 Å². The maximum atomic E-state index is 13.9. The molecule has 0 aromatic heterocycles. The highest BCUT2D eigenvalue weighted by Crippen LogP contribution is 2.20. The van der Waals surface area contributed by atoms with E-state index >= 15 is 0 Å². The average molecular weight is 376 g/mol. The minimum absolute atomic E-state index is 0.139. The van der Waals surface area contributed by atoms with E-state index in [1.807, 2.05) is 12.1 Å². The molecule has 3 rings (SSSR count). The van der Waals surface area contributed by atoms with E-state index in [9.17, 15) is 9.18 Å². The molecule has 0 spiro atoms. The fourth-order valence-electron chi connectivity index (χ4n) is 3.17. The Morgan fingerprint density at radius 3 is 2.46 bits per heavy atom. The van der Waals surface area contributed by atoms with E-state index in [0.29, 0.717) is 22.8 Å². The zero-order valence-corrected chi connectivity index (χ0v) is 15.4. The van der Waals surface area contributed by atoms with Crippen molar-refractivity contribution in [2.45, 2.75) is 6.42 Å². The molecule has 1 amide bonds. The summed E-state index contributed by atoms with van der Waals surface area (Å²) in [7, 11) is 0. The van der Waals surface area contributed by atoms with Gasteiger partial charge in [-0.05, 0) is 37.2 Å². The fraction of sp³-hybridized carbons (Fsp3) is 0.350. The number of rotatable bonds is 6. The van der Waals surface area contributed by atoms with E-state index in [0.717, 1.165) is 39.1 Å². The number of nitrogens with one attached hydrogen (secondary N) is 1. The van der Waals surface area contributed by atoms with Gasteiger partial charge >= 0.3 is 0 Å². The van der Waals surface area contributed by atoms with Gasteiger partial charge in [0.25, 0.3) is 5.91 Å². The maximum Gasteiger partial charge on any atom is 0.252 e. The van der Waals surface area contributed by atoms with Gasteiger partial charge in [-0.2, -0.15) is 0 Å². The summed E-state index contributed by atoms with van der Waals surface area (Å²) in [5.74, 6) is -0.303. The number of anilines is 1. The number of carbonyl (C=O) groups is 1. The lowest BCUT2D eigenvalue weighted by atomic mass is 10.2. The second-order valence-corrected chi connectivity index (χ2v) is 6.78. The van der Waals surface area contributed by atoms with Crippen molar-refractivity contribution in [1.29, 1.82) is 0 Å². The first kappa shape index (κ1) is 18.7. The Kier molecular flexibility index (Phi) is 6.47. The van der Waals surface area contributed by atoms with Crippen LogP contribution in [0.1, 0.15) is 16.8 Å². The van der Waals surface area contributed by atoms with Gasteiger partial charge in [0, 0.05) is 32.7 Å². The van der Waals surface area contributed by atoms with Crippen LogP contribution in [0.3, 0.4) is 0 Å². The van der Waals surface area contributed by atoms with Gasteiger partial charge in [-0.15, -0.1) is 0 Å². The van der Waals surface area contributed by atoms with Gasteiger partial charge in [0.1, 0.15) is 5.82 Å². The third kappa shape index (κ3) is 4.74. The molecule has 138 valence electrons. The van der Waals surface area contributed by atoms with Gasteiger partial charge in [-0.3, -0.25) is 9.69 Å². The second kappa shape index (κ2) is 9.01. The van der Waals surface area contributed by atoms with E-state index in [1.54, 1.807) is 30.3 Å². The molecular weight excluding hydrogens is 353 g/mol. The van der Waals surface area contributed by atoms with Crippen LogP contribution in [-0.4, -0.2) is 50.1 Å². The summed E-state index contributed by atoms with van der Waals surface area (Å²) in [6.45, 7) is 4.94. The molecule has 1 N–H and O–H groups in total. The Morgan fingerprint density at radius 2 is 1.73 bits per heavy atom. The summed E-state index contributed by atoms with van der Waals surface area (Å²) in [5, 5.41) is 3.38. The minimum atomic E-state index is -0.164. The van der Waals surface area contributed by atoms with Crippen LogP contribution in [0, 0.1) is 5.82 Å². The van der Waals surface area contributed by atoms with Gasteiger partial charge < -0.3 is 10.2 Å². The molecule has 0 radical (unpaired) electrons. The van der Waals surface area contributed by atoms with Gasteiger partial charge in [-0.25, -0.2) is 4.39 Å². The summed E-state index contributed by atoms with van der Waals surface area (Å²) in [5.41, 5.74) is 1.19. The number of amides is 1. The molecule has 4 nitrogen and oxygen atoms in total. The van der Waals surface area contributed by atoms with Crippen LogP contribution in [0.25, 0.3) is 0 Å². The molecule has 1 heterocycles. The minimum Gasteiger partial charge on any atom is -0.367 e. The van der Waals surface area contributed by atoms with E-state index in [-0.39, 0.29) is 11.7 Å². The van der Waals surface area contributed by atoms with Crippen LogP contribution >= 0.6 is 11.6 Å². The number of hydrogen-bond acceptors (Lipinski definition) is 3. The molecular formula is C20H23ClFN3O. The normalized spacial score (nSPS) is 15.1. The molecule has 0 aliphatic carbocycles. The number of benzene rings is 2. The second-order valence-electron chi connectivity index (χ2n) is 6.37. The molecule has 26 heavy (non-hydrogen) atoms. The van der Waals surface area contributed by atoms with Crippen LogP contribution in [-0.2, 0) is 0 Å². The predicted octanol–water partition coefficient (Wildman–Crippen LogP) is 3.42.